The molecule has 6 heteroatoms. The Morgan fingerprint density at radius 1 is 1.33 bits per heavy atom. The van der Waals surface area contributed by atoms with Crippen molar-refractivity contribution in [1.29, 1.82) is 0 Å². The van der Waals surface area contributed by atoms with E-state index < -0.39 is 0 Å². The molecule has 0 aromatic rings. The minimum absolute atomic E-state index is 0.242. The molecule has 5 nitrogen and oxygen atoms in total. The Bertz CT molecular complexity index is 410. The molecule has 2 saturated heterocycles. The fourth-order valence-corrected chi connectivity index (χ4v) is 4.27. The van der Waals surface area contributed by atoms with Gasteiger partial charge in [-0.25, -0.2) is 0 Å². The number of thioether (sulfide) groups is 1. The van der Waals surface area contributed by atoms with E-state index in [0.717, 1.165) is 51.6 Å². The van der Waals surface area contributed by atoms with Crippen molar-refractivity contribution in [2.24, 2.45) is 10.9 Å². The third kappa shape index (κ3) is 5.27. The van der Waals surface area contributed by atoms with Crippen LogP contribution in [-0.4, -0.2) is 73.3 Å². The predicted molar refractivity (Wildman–Crippen MR) is 105 cm³/mol. The molecule has 2 unspecified atom stereocenters. The van der Waals surface area contributed by atoms with Crippen molar-refractivity contribution < 1.29 is 4.74 Å². The standard InChI is InChI=1S/C18H36N4OS/c1-6-19-17(20-13-18(24-5)7-9-23-10-8-18)21-16-12-22(14(2)3)11-15(16)4/h14-16H,6-13H2,1-5H3,(H2,19,20,21). The van der Waals surface area contributed by atoms with E-state index in [2.05, 4.69) is 49.5 Å². The molecule has 0 aromatic carbocycles. The average molecular weight is 357 g/mol. The maximum Gasteiger partial charge on any atom is 0.191 e. The minimum atomic E-state index is 0.242. The van der Waals surface area contributed by atoms with Gasteiger partial charge in [0.05, 0.1) is 6.54 Å². The second-order valence-corrected chi connectivity index (χ2v) is 8.74. The first-order valence-corrected chi connectivity index (χ1v) is 10.6. The maximum atomic E-state index is 5.54. The Kier molecular flexibility index (Phi) is 7.69. The lowest BCUT2D eigenvalue weighted by molar-refractivity contribution is 0.0794. The first-order valence-electron chi connectivity index (χ1n) is 9.41. The van der Waals surface area contributed by atoms with Crippen LogP contribution < -0.4 is 10.6 Å². The molecule has 0 saturated carbocycles. The number of ether oxygens (including phenoxy) is 1. The predicted octanol–water partition coefficient (Wildman–Crippen LogP) is 2.18. The summed E-state index contributed by atoms with van der Waals surface area (Å²) >= 11 is 1.95. The molecule has 0 amide bonds. The molecule has 0 spiro atoms. The maximum absolute atomic E-state index is 5.54. The van der Waals surface area contributed by atoms with Crippen LogP contribution in [0, 0.1) is 5.92 Å². The van der Waals surface area contributed by atoms with E-state index in [4.69, 9.17) is 9.73 Å². The Morgan fingerprint density at radius 3 is 2.58 bits per heavy atom. The summed E-state index contributed by atoms with van der Waals surface area (Å²) in [6.45, 7) is 14.8. The molecule has 24 heavy (non-hydrogen) atoms. The third-order valence-electron chi connectivity index (χ3n) is 5.40. The third-order valence-corrected chi connectivity index (χ3v) is 6.80. The van der Waals surface area contributed by atoms with Crippen LogP contribution >= 0.6 is 11.8 Å². The lowest BCUT2D eigenvalue weighted by Crippen LogP contribution is -2.47. The summed E-state index contributed by atoms with van der Waals surface area (Å²) in [7, 11) is 0. The number of rotatable bonds is 6. The molecular weight excluding hydrogens is 320 g/mol. The van der Waals surface area contributed by atoms with Gasteiger partial charge in [0.25, 0.3) is 0 Å². The van der Waals surface area contributed by atoms with Crippen LogP contribution in [0.2, 0.25) is 0 Å². The Hall–Kier alpha value is -0.460. The Morgan fingerprint density at radius 2 is 2.04 bits per heavy atom. The van der Waals surface area contributed by atoms with Gasteiger partial charge in [-0.05, 0) is 45.8 Å². The zero-order valence-corrected chi connectivity index (χ0v) is 16.9. The van der Waals surface area contributed by atoms with Crippen molar-refractivity contribution >= 4 is 17.7 Å². The SMILES string of the molecule is CCNC(=NCC1(SC)CCOCC1)NC1CN(C(C)C)CC1C. The lowest BCUT2D eigenvalue weighted by Gasteiger charge is -2.34. The first kappa shape index (κ1) is 19.9. The van der Waals surface area contributed by atoms with Crippen molar-refractivity contribution in [2.75, 3.05) is 45.6 Å². The van der Waals surface area contributed by atoms with Gasteiger partial charge >= 0.3 is 0 Å². The van der Waals surface area contributed by atoms with E-state index in [1.165, 1.54) is 6.54 Å². The molecule has 0 radical (unpaired) electrons. The van der Waals surface area contributed by atoms with Crippen molar-refractivity contribution in [3.8, 4) is 0 Å². The zero-order valence-electron chi connectivity index (χ0n) is 16.1. The molecule has 2 aliphatic rings. The Labute approximate surface area is 152 Å². The highest BCUT2D eigenvalue weighted by Gasteiger charge is 2.33. The highest BCUT2D eigenvalue weighted by molar-refractivity contribution is 8.00. The number of guanidine groups is 1. The molecule has 140 valence electrons. The summed E-state index contributed by atoms with van der Waals surface area (Å²) in [5.41, 5.74) is 0. The molecule has 2 heterocycles. The molecular formula is C18H36N4OS. The van der Waals surface area contributed by atoms with Crippen molar-refractivity contribution in [2.45, 2.75) is 57.4 Å². The zero-order chi connectivity index (χ0) is 17.6. The summed E-state index contributed by atoms with van der Waals surface area (Å²) in [5.74, 6) is 1.62. The highest BCUT2D eigenvalue weighted by atomic mass is 32.2. The van der Waals surface area contributed by atoms with Crippen LogP contribution in [0.1, 0.15) is 40.5 Å². The number of nitrogens with zero attached hydrogens (tertiary/aromatic N) is 2. The largest absolute Gasteiger partial charge is 0.381 e. The van der Waals surface area contributed by atoms with Gasteiger partial charge in [-0.1, -0.05) is 6.92 Å². The van der Waals surface area contributed by atoms with Gasteiger partial charge < -0.3 is 15.4 Å². The molecule has 0 bridgehead atoms. The second kappa shape index (κ2) is 9.30. The molecule has 2 rings (SSSR count). The van der Waals surface area contributed by atoms with Gasteiger partial charge in [-0.3, -0.25) is 9.89 Å². The molecule has 0 aromatic heterocycles. The topological polar surface area (TPSA) is 48.9 Å². The van der Waals surface area contributed by atoms with Gasteiger partial charge in [0.15, 0.2) is 5.96 Å². The summed E-state index contributed by atoms with van der Waals surface area (Å²) in [6, 6.07) is 1.09. The van der Waals surface area contributed by atoms with Crippen LogP contribution in [-0.2, 0) is 4.74 Å². The number of hydrogen-bond acceptors (Lipinski definition) is 4. The monoisotopic (exact) mass is 356 g/mol. The fraction of sp³-hybridized carbons (Fsp3) is 0.944. The molecule has 2 atom stereocenters. The summed E-state index contributed by atoms with van der Waals surface area (Å²) < 4.78 is 5.78. The van der Waals surface area contributed by atoms with E-state index in [1.807, 2.05) is 11.8 Å². The van der Waals surface area contributed by atoms with E-state index >= 15 is 0 Å². The van der Waals surface area contributed by atoms with E-state index in [9.17, 15) is 0 Å². The molecule has 2 fully saturated rings. The van der Waals surface area contributed by atoms with Gasteiger partial charge in [0.2, 0.25) is 0 Å². The highest BCUT2D eigenvalue weighted by Crippen LogP contribution is 2.34. The van der Waals surface area contributed by atoms with Crippen LogP contribution in [0.5, 0.6) is 0 Å². The second-order valence-electron chi connectivity index (χ2n) is 7.47. The van der Waals surface area contributed by atoms with Gasteiger partial charge in [0.1, 0.15) is 0 Å². The molecule has 2 N–H and O–H groups in total. The quantitative estimate of drug-likeness (QED) is 0.564. The van der Waals surface area contributed by atoms with Crippen molar-refractivity contribution in [3.63, 3.8) is 0 Å². The lowest BCUT2D eigenvalue weighted by atomic mass is 9.99. The molecule has 2 aliphatic heterocycles. The van der Waals surface area contributed by atoms with Crippen LogP contribution in [0.3, 0.4) is 0 Å². The summed E-state index contributed by atoms with van der Waals surface area (Å²) in [6.07, 6.45) is 4.40. The van der Waals surface area contributed by atoms with E-state index in [0.29, 0.717) is 18.0 Å². The number of likely N-dealkylation sites (tertiary alicyclic amines) is 1. The fourth-order valence-electron chi connectivity index (χ4n) is 3.50. The van der Waals surface area contributed by atoms with Crippen LogP contribution in [0.15, 0.2) is 4.99 Å². The number of aliphatic imine (C=N–C) groups is 1. The normalized spacial score (nSPS) is 28.3. The van der Waals surface area contributed by atoms with Crippen molar-refractivity contribution in [1.82, 2.24) is 15.5 Å². The number of hydrogen-bond donors (Lipinski definition) is 2. The van der Waals surface area contributed by atoms with E-state index in [1.54, 1.807) is 0 Å². The molecule has 0 aliphatic carbocycles. The summed E-state index contributed by atoms with van der Waals surface area (Å²) in [4.78, 5) is 7.50. The van der Waals surface area contributed by atoms with Crippen LogP contribution in [0.25, 0.3) is 0 Å². The van der Waals surface area contributed by atoms with Crippen molar-refractivity contribution in [3.05, 3.63) is 0 Å². The Balaban J connectivity index is 1.97. The number of nitrogens with one attached hydrogen (secondary N) is 2. The summed E-state index contributed by atoms with van der Waals surface area (Å²) in [5, 5.41) is 7.12. The van der Waals surface area contributed by atoms with Gasteiger partial charge in [-0.2, -0.15) is 11.8 Å². The van der Waals surface area contributed by atoms with Gasteiger partial charge in [0, 0.05) is 49.7 Å². The van der Waals surface area contributed by atoms with Gasteiger partial charge in [-0.15, -0.1) is 0 Å². The first-order chi connectivity index (χ1) is 11.5. The minimum Gasteiger partial charge on any atom is -0.381 e. The van der Waals surface area contributed by atoms with Crippen LogP contribution in [0.4, 0.5) is 0 Å². The smallest absolute Gasteiger partial charge is 0.191 e. The average Bonchev–Trinajstić information content (AvgIpc) is 2.95. The van der Waals surface area contributed by atoms with E-state index in [-0.39, 0.29) is 4.75 Å².